The lowest BCUT2D eigenvalue weighted by atomic mass is 9.77. The molecule has 1 aliphatic carbocycles. The van der Waals surface area contributed by atoms with Crippen LogP contribution in [0.5, 0.6) is 5.75 Å². The van der Waals surface area contributed by atoms with Crippen LogP contribution in [0.3, 0.4) is 0 Å². The summed E-state index contributed by atoms with van der Waals surface area (Å²) in [5, 5.41) is 0. The summed E-state index contributed by atoms with van der Waals surface area (Å²) in [4.78, 5) is 18.8. The van der Waals surface area contributed by atoms with E-state index in [9.17, 15) is 13.2 Å². The highest BCUT2D eigenvalue weighted by molar-refractivity contribution is 7.93. The standard InChI is InChI=1S/C32H43N3O4S/c1-23-18-28(39-3)19-24(2)31(23)40(37,38)35-14-5-6-25-9-10-26(20-29(25)35)30(36)21-33-15-11-32(12-16-33)13-17-34(22-32)27-7-4-8-27/h9-10,18-20,27H,4-8,11-17,21-22H2,1-3H3. The fourth-order valence-electron chi connectivity index (χ4n) is 7.43. The Bertz CT molecular complexity index is 1370. The molecule has 1 spiro atoms. The zero-order valence-corrected chi connectivity index (χ0v) is 25.1. The molecule has 2 saturated heterocycles. The third-order valence-corrected chi connectivity index (χ3v) is 12.2. The number of piperidine rings is 1. The number of ketones is 1. The molecule has 2 aromatic carbocycles. The Hall–Kier alpha value is -2.42. The third kappa shape index (κ3) is 5.07. The molecule has 6 rings (SSSR count). The van der Waals surface area contributed by atoms with Crippen LogP contribution >= 0.6 is 0 Å². The molecule has 0 atom stereocenters. The van der Waals surface area contributed by atoms with Gasteiger partial charge < -0.3 is 4.74 Å². The average Bonchev–Trinajstić information content (AvgIpc) is 3.30. The summed E-state index contributed by atoms with van der Waals surface area (Å²) in [5.41, 5.74) is 3.99. The van der Waals surface area contributed by atoms with Gasteiger partial charge in [-0.2, -0.15) is 0 Å². The molecule has 0 amide bonds. The minimum atomic E-state index is -3.80. The van der Waals surface area contributed by atoms with Gasteiger partial charge in [-0.05, 0) is 119 Å². The van der Waals surface area contributed by atoms with Crippen molar-refractivity contribution >= 4 is 21.5 Å². The molecule has 216 valence electrons. The van der Waals surface area contributed by atoms with Gasteiger partial charge in [0.2, 0.25) is 0 Å². The van der Waals surface area contributed by atoms with Crippen molar-refractivity contribution in [1.82, 2.24) is 9.80 Å². The topological polar surface area (TPSA) is 70.2 Å². The average molecular weight is 566 g/mol. The van der Waals surface area contributed by atoms with E-state index in [2.05, 4.69) is 9.80 Å². The number of anilines is 1. The summed E-state index contributed by atoms with van der Waals surface area (Å²) >= 11 is 0. The second-order valence-electron chi connectivity index (χ2n) is 12.6. The molecule has 4 aliphatic rings. The fourth-order valence-corrected chi connectivity index (χ4v) is 9.38. The molecular weight excluding hydrogens is 522 g/mol. The van der Waals surface area contributed by atoms with Crippen molar-refractivity contribution < 1.29 is 17.9 Å². The normalized spacial score (nSPS) is 21.8. The predicted molar refractivity (Wildman–Crippen MR) is 158 cm³/mol. The van der Waals surface area contributed by atoms with Gasteiger partial charge in [-0.15, -0.1) is 0 Å². The highest BCUT2D eigenvalue weighted by Crippen LogP contribution is 2.43. The van der Waals surface area contributed by atoms with Crippen LogP contribution in [0, 0.1) is 19.3 Å². The summed E-state index contributed by atoms with van der Waals surface area (Å²) in [6, 6.07) is 10.0. The lowest BCUT2D eigenvalue weighted by Gasteiger charge is -2.41. The number of nitrogens with zero attached hydrogens (tertiary/aromatic N) is 3. The van der Waals surface area contributed by atoms with Crippen LogP contribution in [0.4, 0.5) is 5.69 Å². The lowest BCUT2D eigenvalue weighted by Crippen LogP contribution is -2.45. The monoisotopic (exact) mass is 565 g/mol. The number of carbonyl (C=O) groups is 1. The van der Waals surface area contributed by atoms with Gasteiger partial charge in [0.05, 0.1) is 24.2 Å². The number of fused-ring (bicyclic) bond motifs is 1. The van der Waals surface area contributed by atoms with Crippen LogP contribution in [0.2, 0.25) is 0 Å². The Kier molecular flexibility index (Phi) is 7.47. The quantitative estimate of drug-likeness (QED) is 0.442. The first-order valence-electron chi connectivity index (χ1n) is 15.0. The van der Waals surface area contributed by atoms with Crippen molar-refractivity contribution in [3.8, 4) is 5.75 Å². The number of Topliss-reactive ketones (excluding diaryl/α,β-unsaturated/α-hetero) is 1. The van der Waals surface area contributed by atoms with Crippen LogP contribution in [-0.2, 0) is 16.4 Å². The zero-order chi connectivity index (χ0) is 28.1. The Morgan fingerprint density at radius 3 is 2.33 bits per heavy atom. The molecule has 2 aromatic rings. The Morgan fingerprint density at radius 1 is 0.975 bits per heavy atom. The predicted octanol–water partition coefficient (Wildman–Crippen LogP) is 4.98. The molecule has 8 heteroatoms. The highest BCUT2D eigenvalue weighted by Gasteiger charge is 2.43. The largest absolute Gasteiger partial charge is 0.497 e. The van der Waals surface area contributed by atoms with Crippen molar-refractivity contribution in [3.63, 3.8) is 0 Å². The first-order chi connectivity index (χ1) is 19.2. The van der Waals surface area contributed by atoms with Gasteiger partial charge in [-0.1, -0.05) is 18.6 Å². The van der Waals surface area contributed by atoms with Gasteiger partial charge in [0.1, 0.15) is 5.75 Å². The minimum absolute atomic E-state index is 0.0704. The van der Waals surface area contributed by atoms with Gasteiger partial charge in [-0.3, -0.25) is 18.9 Å². The van der Waals surface area contributed by atoms with Gasteiger partial charge in [0.25, 0.3) is 10.0 Å². The number of sulfonamides is 1. The molecule has 40 heavy (non-hydrogen) atoms. The van der Waals surface area contributed by atoms with E-state index in [0.29, 0.717) is 51.5 Å². The molecule has 1 saturated carbocycles. The minimum Gasteiger partial charge on any atom is -0.497 e. The van der Waals surface area contributed by atoms with E-state index in [4.69, 9.17) is 4.74 Å². The second kappa shape index (κ2) is 10.8. The molecule has 3 aliphatic heterocycles. The number of likely N-dealkylation sites (tertiary alicyclic amines) is 2. The van der Waals surface area contributed by atoms with Crippen LogP contribution in [0.15, 0.2) is 35.2 Å². The smallest absolute Gasteiger partial charge is 0.264 e. The SMILES string of the molecule is COc1cc(C)c(S(=O)(=O)N2CCCc3ccc(C(=O)CN4CCC5(CC4)CCN(C4CCC4)C5)cc32)c(C)c1. The summed E-state index contributed by atoms with van der Waals surface area (Å²) in [6.45, 7) is 8.83. The van der Waals surface area contributed by atoms with Crippen molar-refractivity contribution in [2.75, 3.05) is 50.7 Å². The summed E-state index contributed by atoms with van der Waals surface area (Å²) in [7, 11) is -2.22. The van der Waals surface area contributed by atoms with Crippen molar-refractivity contribution in [2.24, 2.45) is 5.41 Å². The van der Waals surface area contributed by atoms with E-state index in [0.717, 1.165) is 37.5 Å². The summed E-state index contributed by atoms with van der Waals surface area (Å²) < 4.78 is 34.8. The third-order valence-electron chi connectivity index (χ3n) is 10.0. The molecular formula is C32H43N3O4S. The van der Waals surface area contributed by atoms with Crippen molar-refractivity contribution in [3.05, 3.63) is 52.6 Å². The van der Waals surface area contributed by atoms with Gasteiger partial charge in [0, 0.05) is 24.7 Å². The van der Waals surface area contributed by atoms with E-state index >= 15 is 0 Å². The molecule has 0 N–H and O–H groups in total. The van der Waals surface area contributed by atoms with Crippen LogP contribution < -0.4 is 9.04 Å². The van der Waals surface area contributed by atoms with E-state index in [1.807, 2.05) is 32.0 Å². The van der Waals surface area contributed by atoms with Gasteiger partial charge in [0.15, 0.2) is 5.78 Å². The number of methoxy groups -OCH3 is 1. The van der Waals surface area contributed by atoms with Crippen molar-refractivity contribution in [2.45, 2.75) is 76.2 Å². The fraction of sp³-hybridized carbons (Fsp3) is 0.594. The van der Waals surface area contributed by atoms with Crippen LogP contribution in [0.1, 0.15) is 72.0 Å². The van der Waals surface area contributed by atoms with Crippen LogP contribution in [0.25, 0.3) is 0 Å². The number of rotatable bonds is 7. The van der Waals surface area contributed by atoms with Crippen molar-refractivity contribution in [1.29, 1.82) is 0 Å². The van der Waals surface area contributed by atoms with E-state index in [1.54, 1.807) is 19.2 Å². The molecule has 3 heterocycles. The molecule has 0 bridgehead atoms. The zero-order valence-electron chi connectivity index (χ0n) is 24.2. The summed E-state index contributed by atoms with van der Waals surface area (Å²) in [5.74, 6) is 0.717. The Labute approximate surface area is 239 Å². The Balaban J connectivity index is 1.16. The van der Waals surface area contributed by atoms with E-state index < -0.39 is 10.0 Å². The first kappa shape index (κ1) is 27.7. The first-order valence-corrected chi connectivity index (χ1v) is 16.4. The maximum Gasteiger partial charge on any atom is 0.264 e. The maximum absolute atomic E-state index is 14.0. The van der Waals surface area contributed by atoms with Crippen LogP contribution in [-0.4, -0.2) is 76.4 Å². The molecule has 0 unspecified atom stereocenters. The highest BCUT2D eigenvalue weighted by atomic mass is 32.2. The van der Waals surface area contributed by atoms with Gasteiger partial charge in [-0.25, -0.2) is 8.42 Å². The number of ether oxygens (including phenoxy) is 1. The number of carbonyl (C=O) groups excluding carboxylic acids is 1. The number of hydrogen-bond acceptors (Lipinski definition) is 6. The number of hydrogen-bond donors (Lipinski definition) is 0. The molecule has 7 nitrogen and oxygen atoms in total. The van der Waals surface area contributed by atoms with E-state index in [1.165, 1.54) is 55.9 Å². The molecule has 0 aromatic heterocycles. The van der Waals surface area contributed by atoms with E-state index in [-0.39, 0.29) is 5.78 Å². The lowest BCUT2D eigenvalue weighted by molar-refractivity contribution is 0.0739. The molecule has 3 fully saturated rings. The Morgan fingerprint density at radius 2 is 1.68 bits per heavy atom. The molecule has 0 radical (unpaired) electrons. The summed E-state index contributed by atoms with van der Waals surface area (Å²) in [6.07, 6.45) is 9.32. The number of benzene rings is 2. The van der Waals surface area contributed by atoms with Gasteiger partial charge >= 0.3 is 0 Å². The second-order valence-corrected chi connectivity index (χ2v) is 14.4. The number of aryl methyl sites for hydroxylation is 3. The maximum atomic E-state index is 14.0.